The molecule has 6 heteroatoms. The number of anilines is 1. The molecule has 0 aliphatic heterocycles. The van der Waals surface area contributed by atoms with Crippen LogP contribution in [-0.4, -0.2) is 36.8 Å². The van der Waals surface area contributed by atoms with Crippen LogP contribution in [-0.2, 0) is 4.74 Å². The second-order valence-corrected chi connectivity index (χ2v) is 4.83. The molecule has 0 amide bonds. The summed E-state index contributed by atoms with van der Waals surface area (Å²) >= 11 is 6.52. The number of rotatable bonds is 7. The van der Waals surface area contributed by atoms with Crippen molar-refractivity contribution in [1.29, 1.82) is 0 Å². The lowest BCUT2D eigenvalue weighted by Crippen LogP contribution is -2.30. The number of aromatic nitrogens is 1. The van der Waals surface area contributed by atoms with Gasteiger partial charge in [0.05, 0.1) is 17.3 Å². The number of hydrogen-bond donors (Lipinski definition) is 1. The fraction of sp³-hybridized carbons (Fsp3) is 0.600. The molecule has 0 aliphatic carbocycles. The second-order valence-electron chi connectivity index (χ2n) is 3.47. The molecule has 90 valence electrons. The first-order valence-corrected chi connectivity index (χ1v) is 6.36. The topological polar surface area (TPSA) is 51.4 Å². The van der Waals surface area contributed by atoms with Crippen LogP contribution in [0.1, 0.15) is 12.1 Å². The van der Waals surface area contributed by atoms with E-state index in [0.29, 0.717) is 18.0 Å². The number of nitrogens with zero attached hydrogens (tertiary/aromatic N) is 2. The third kappa shape index (κ3) is 4.42. The van der Waals surface area contributed by atoms with Crippen LogP contribution < -0.4 is 10.6 Å². The van der Waals surface area contributed by atoms with E-state index in [-0.39, 0.29) is 0 Å². The van der Waals surface area contributed by atoms with E-state index in [2.05, 4.69) is 9.88 Å². The quantitative estimate of drug-likeness (QED) is 0.754. The first-order chi connectivity index (χ1) is 7.63. The molecule has 0 aliphatic rings. The van der Waals surface area contributed by atoms with E-state index in [4.69, 9.17) is 22.7 Å². The van der Waals surface area contributed by atoms with Gasteiger partial charge in [0.2, 0.25) is 0 Å². The van der Waals surface area contributed by atoms with Gasteiger partial charge in [0, 0.05) is 32.0 Å². The van der Waals surface area contributed by atoms with Crippen molar-refractivity contribution in [2.45, 2.75) is 13.3 Å². The smallest absolute Gasteiger partial charge is 0.185 e. The Kier molecular flexibility index (Phi) is 5.65. The Hall–Kier alpha value is -0.720. The minimum Gasteiger partial charge on any atom is -0.393 e. The van der Waals surface area contributed by atoms with Crippen molar-refractivity contribution in [2.24, 2.45) is 5.73 Å². The Bertz CT molecular complexity index is 341. The molecular weight excluding hydrogens is 242 g/mol. The van der Waals surface area contributed by atoms with E-state index in [1.807, 2.05) is 12.3 Å². The van der Waals surface area contributed by atoms with Crippen molar-refractivity contribution in [2.75, 3.05) is 31.7 Å². The molecular formula is C10H17N3OS2. The minimum absolute atomic E-state index is 0.538. The van der Waals surface area contributed by atoms with Gasteiger partial charge in [-0.05, 0) is 6.92 Å². The van der Waals surface area contributed by atoms with E-state index in [0.717, 1.165) is 23.9 Å². The summed E-state index contributed by atoms with van der Waals surface area (Å²) in [4.78, 5) is 7.14. The first kappa shape index (κ1) is 13.3. The number of thiazole rings is 1. The number of aryl methyl sites for hydroxylation is 1. The highest BCUT2D eigenvalue weighted by Crippen LogP contribution is 2.19. The summed E-state index contributed by atoms with van der Waals surface area (Å²) in [7, 11) is 1.69. The molecule has 0 radical (unpaired) electrons. The molecule has 0 atom stereocenters. The van der Waals surface area contributed by atoms with E-state index in [9.17, 15) is 0 Å². The van der Waals surface area contributed by atoms with Crippen LogP contribution >= 0.6 is 23.6 Å². The van der Waals surface area contributed by atoms with Crippen molar-refractivity contribution in [3.05, 3.63) is 11.1 Å². The van der Waals surface area contributed by atoms with Gasteiger partial charge in [0.1, 0.15) is 0 Å². The molecule has 0 aromatic carbocycles. The molecule has 2 N–H and O–H groups in total. The van der Waals surface area contributed by atoms with E-state index in [1.54, 1.807) is 18.4 Å². The fourth-order valence-electron chi connectivity index (χ4n) is 1.24. The van der Waals surface area contributed by atoms with Crippen molar-refractivity contribution >= 4 is 33.7 Å². The zero-order valence-corrected chi connectivity index (χ0v) is 11.2. The molecule has 1 aromatic rings. The van der Waals surface area contributed by atoms with E-state index in [1.165, 1.54) is 0 Å². The van der Waals surface area contributed by atoms with Gasteiger partial charge in [-0.15, -0.1) is 11.3 Å². The Morgan fingerprint density at radius 3 is 2.88 bits per heavy atom. The summed E-state index contributed by atoms with van der Waals surface area (Å²) in [5.74, 6) is 0. The van der Waals surface area contributed by atoms with Crippen LogP contribution in [0.15, 0.2) is 5.38 Å². The largest absolute Gasteiger partial charge is 0.393 e. The maximum Gasteiger partial charge on any atom is 0.185 e. The average Bonchev–Trinajstić information content (AvgIpc) is 2.64. The molecule has 0 unspecified atom stereocenters. The highest BCUT2D eigenvalue weighted by Gasteiger charge is 2.10. The first-order valence-electron chi connectivity index (χ1n) is 5.08. The zero-order valence-electron chi connectivity index (χ0n) is 9.60. The Morgan fingerprint density at radius 2 is 2.38 bits per heavy atom. The summed E-state index contributed by atoms with van der Waals surface area (Å²) < 4.78 is 5.08. The zero-order chi connectivity index (χ0) is 12.0. The SMILES string of the molecule is COCCN(CCC(N)=S)c1nc(C)cs1. The molecule has 1 rings (SSSR count). The van der Waals surface area contributed by atoms with Gasteiger partial charge in [-0.2, -0.15) is 0 Å². The van der Waals surface area contributed by atoms with Crippen molar-refractivity contribution in [1.82, 2.24) is 4.98 Å². The summed E-state index contributed by atoms with van der Waals surface area (Å²) in [6, 6.07) is 0. The number of hydrogen-bond acceptors (Lipinski definition) is 5. The average molecular weight is 259 g/mol. The molecule has 16 heavy (non-hydrogen) atoms. The third-order valence-corrected chi connectivity index (χ3v) is 3.29. The molecule has 1 heterocycles. The van der Waals surface area contributed by atoms with Gasteiger partial charge < -0.3 is 15.4 Å². The molecule has 0 fully saturated rings. The molecule has 1 aromatic heterocycles. The molecule has 0 bridgehead atoms. The molecule has 0 saturated heterocycles. The maximum absolute atomic E-state index is 5.51. The number of thiocarbonyl (C=S) groups is 1. The van der Waals surface area contributed by atoms with Crippen LogP contribution in [0, 0.1) is 6.92 Å². The van der Waals surface area contributed by atoms with Gasteiger partial charge in [-0.1, -0.05) is 12.2 Å². The van der Waals surface area contributed by atoms with Gasteiger partial charge in [-0.25, -0.2) is 4.98 Å². The minimum atomic E-state index is 0.538. The van der Waals surface area contributed by atoms with Crippen LogP contribution in [0.5, 0.6) is 0 Å². The van der Waals surface area contributed by atoms with E-state index >= 15 is 0 Å². The van der Waals surface area contributed by atoms with Gasteiger partial charge in [-0.3, -0.25) is 0 Å². The molecule has 4 nitrogen and oxygen atoms in total. The third-order valence-electron chi connectivity index (χ3n) is 2.07. The van der Waals surface area contributed by atoms with Crippen LogP contribution in [0.25, 0.3) is 0 Å². The Morgan fingerprint density at radius 1 is 1.62 bits per heavy atom. The fourth-order valence-corrected chi connectivity index (χ4v) is 2.18. The number of nitrogens with two attached hydrogens (primary N) is 1. The van der Waals surface area contributed by atoms with Crippen molar-refractivity contribution in [3.8, 4) is 0 Å². The number of ether oxygens (including phenoxy) is 1. The summed E-state index contributed by atoms with van der Waals surface area (Å²) in [5.41, 5.74) is 6.55. The lowest BCUT2D eigenvalue weighted by Gasteiger charge is -2.20. The van der Waals surface area contributed by atoms with E-state index < -0.39 is 0 Å². The monoisotopic (exact) mass is 259 g/mol. The molecule has 0 spiro atoms. The maximum atomic E-state index is 5.51. The van der Waals surface area contributed by atoms with Crippen LogP contribution in [0.2, 0.25) is 0 Å². The van der Waals surface area contributed by atoms with Crippen LogP contribution in [0.4, 0.5) is 5.13 Å². The highest BCUT2D eigenvalue weighted by atomic mass is 32.1. The highest BCUT2D eigenvalue weighted by molar-refractivity contribution is 7.80. The van der Waals surface area contributed by atoms with Gasteiger partial charge >= 0.3 is 0 Å². The van der Waals surface area contributed by atoms with Gasteiger partial charge in [0.25, 0.3) is 0 Å². The lowest BCUT2D eigenvalue weighted by molar-refractivity contribution is 0.205. The summed E-state index contributed by atoms with van der Waals surface area (Å²) in [6.07, 6.45) is 0.706. The van der Waals surface area contributed by atoms with Crippen molar-refractivity contribution in [3.63, 3.8) is 0 Å². The number of methoxy groups -OCH3 is 1. The predicted octanol–water partition coefficient (Wildman–Crippen LogP) is 1.58. The second kappa shape index (κ2) is 6.78. The Balaban J connectivity index is 2.59. The summed E-state index contributed by atoms with van der Waals surface area (Å²) in [6.45, 7) is 4.27. The summed E-state index contributed by atoms with van der Waals surface area (Å²) in [5, 5.41) is 3.04. The predicted molar refractivity (Wildman–Crippen MR) is 72.3 cm³/mol. The van der Waals surface area contributed by atoms with Gasteiger partial charge in [0.15, 0.2) is 5.13 Å². The standard InChI is InChI=1S/C10H17N3OS2/c1-8-7-16-10(12-8)13(5-6-14-2)4-3-9(11)15/h7H,3-6H2,1-2H3,(H2,11,15). The van der Waals surface area contributed by atoms with Crippen LogP contribution in [0.3, 0.4) is 0 Å². The Labute approximate surface area is 105 Å². The normalized spacial score (nSPS) is 10.4. The molecule has 0 saturated carbocycles. The van der Waals surface area contributed by atoms with Crippen molar-refractivity contribution < 1.29 is 4.74 Å². The lowest BCUT2D eigenvalue weighted by atomic mass is 10.4.